The number of hydrogen-bond donors (Lipinski definition) is 2. The summed E-state index contributed by atoms with van der Waals surface area (Å²) in [6.45, 7) is 1.04. The predicted octanol–water partition coefficient (Wildman–Crippen LogP) is 0.925. The van der Waals surface area contributed by atoms with E-state index in [1.807, 2.05) is 0 Å². The highest BCUT2D eigenvalue weighted by Gasteiger charge is 2.35. The van der Waals surface area contributed by atoms with Gasteiger partial charge in [-0.1, -0.05) is 12.2 Å². The number of nitrogens with one attached hydrogen (secondary N) is 2. The van der Waals surface area contributed by atoms with Gasteiger partial charge in [0.05, 0.1) is 6.20 Å². The van der Waals surface area contributed by atoms with Crippen molar-refractivity contribution in [2.45, 2.75) is 19.3 Å². The first-order valence-corrected chi connectivity index (χ1v) is 7.71. The summed E-state index contributed by atoms with van der Waals surface area (Å²) in [4.78, 5) is 31.3. The summed E-state index contributed by atoms with van der Waals surface area (Å²) >= 11 is 0. The molecule has 2 N–H and O–H groups in total. The van der Waals surface area contributed by atoms with E-state index < -0.39 is 0 Å². The van der Waals surface area contributed by atoms with Gasteiger partial charge in [0.15, 0.2) is 0 Å². The summed E-state index contributed by atoms with van der Waals surface area (Å²) in [7, 11) is 0. The van der Waals surface area contributed by atoms with E-state index in [9.17, 15) is 9.59 Å². The zero-order chi connectivity index (χ0) is 15.4. The number of aromatic nitrogens is 2. The second kappa shape index (κ2) is 6.68. The van der Waals surface area contributed by atoms with Crippen LogP contribution in [0.2, 0.25) is 0 Å². The predicted molar refractivity (Wildman–Crippen MR) is 80.8 cm³/mol. The van der Waals surface area contributed by atoms with E-state index in [0.29, 0.717) is 18.4 Å². The Kier molecular flexibility index (Phi) is 4.46. The van der Waals surface area contributed by atoms with Gasteiger partial charge in [-0.05, 0) is 30.6 Å². The normalized spacial score (nSPS) is 25.2. The minimum atomic E-state index is -0.306. The first-order valence-electron chi connectivity index (χ1n) is 7.71. The zero-order valence-electron chi connectivity index (χ0n) is 12.4. The molecular formula is C16H20N4O2. The lowest BCUT2D eigenvalue weighted by Gasteiger charge is -2.18. The van der Waals surface area contributed by atoms with Crippen LogP contribution in [-0.2, 0) is 4.79 Å². The van der Waals surface area contributed by atoms with Gasteiger partial charge in [-0.15, -0.1) is 0 Å². The SMILES string of the molecule is O=C(CCNC(=O)c1cnccn1)NCC1CC2C=CC1C2. The molecule has 0 radical (unpaired) electrons. The van der Waals surface area contributed by atoms with E-state index in [4.69, 9.17) is 0 Å². The lowest BCUT2D eigenvalue weighted by atomic mass is 9.93. The van der Waals surface area contributed by atoms with Crippen molar-refractivity contribution in [2.75, 3.05) is 13.1 Å². The van der Waals surface area contributed by atoms with Crippen LogP contribution in [0.4, 0.5) is 0 Å². The van der Waals surface area contributed by atoms with Crippen molar-refractivity contribution in [3.8, 4) is 0 Å². The van der Waals surface area contributed by atoms with E-state index in [1.165, 1.54) is 31.4 Å². The third kappa shape index (κ3) is 3.50. The molecule has 2 bridgehead atoms. The van der Waals surface area contributed by atoms with Crippen molar-refractivity contribution in [3.05, 3.63) is 36.4 Å². The molecular weight excluding hydrogens is 280 g/mol. The lowest BCUT2D eigenvalue weighted by Crippen LogP contribution is -2.34. The highest BCUT2D eigenvalue weighted by Crippen LogP contribution is 2.42. The van der Waals surface area contributed by atoms with Crippen molar-refractivity contribution >= 4 is 11.8 Å². The van der Waals surface area contributed by atoms with Crippen LogP contribution in [0.25, 0.3) is 0 Å². The molecule has 1 aromatic heterocycles. The maximum Gasteiger partial charge on any atom is 0.271 e. The number of carbonyl (C=O) groups excluding carboxylic acids is 2. The van der Waals surface area contributed by atoms with E-state index in [2.05, 4.69) is 32.8 Å². The van der Waals surface area contributed by atoms with Crippen molar-refractivity contribution < 1.29 is 9.59 Å². The summed E-state index contributed by atoms with van der Waals surface area (Å²) in [6.07, 6.45) is 11.7. The Bertz CT molecular complexity index is 573. The molecule has 1 fully saturated rings. The number of carbonyl (C=O) groups is 2. The van der Waals surface area contributed by atoms with Gasteiger partial charge in [0.2, 0.25) is 5.91 Å². The Labute approximate surface area is 129 Å². The minimum absolute atomic E-state index is 0.0220. The molecule has 2 aliphatic rings. The fraction of sp³-hybridized carbons (Fsp3) is 0.500. The lowest BCUT2D eigenvalue weighted by molar-refractivity contribution is -0.121. The van der Waals surface area contributed by atoms with Crippen LogP contribution in [0.15, 0.2) is 30.7 Å². The van der Waals surface area contributed by atoms with Crippen LogP contribution < -0.4 is 10.6 Å². The summed E-state index contributed by atoms with van der Waals surface area (Å²) in [6, 6.07) is 0. The Hall–Kier alpha value is -2.24. The molecule has 3 unspecified atom stereocenters. The van der Waals surface area contributed by atoms with Crippen molar-refractivity contribution in [1.29, 1.82) is 0 Å². The molecule has 1 heterocycles. The van der Waals surface area contributed by atoms with Crippen molar-refractivity contribution in [2.24, 2.45) is 17.8 Å². The fourth-order valence-corrected chi connectivity index (χ4v) is 3.26. The second-order valence-corrected chi connectivity index (χ2v) is 5.94. The quantitative estimate of drug-likeness (QED) is 0.765. The molecule has 3 rings (SSSR count). The van der Waals surface area contributed by atoms with Crippen LogP contribution >= 0.6 is 0 Å². The average Bonchev–Trinajstić information content (AvgIpc) is 3.16. The van der Waals surface area contributed by atoms with Crippen molar-refractivity contribution in [1.82, 2.24) is 20.6 Å². The largest absolute Gasteiger partial charge is 0.356 e. The van der Waals surface area contributed by atoms with Gasteiger partial charge >= 0.3 is 0 Å². The first kappa shape index (κ1) is 14.7. The average molecular weight is 300 g/mol. The molecule has 0 spiro atoms. The van der Waals surface area contributed by atoms with Gasteiger partial charge in [0.25, 0.3) is 5.91 Å². The maximum absolute atomic E-state index is 11.8. The topological polar surface area (TPSA) is 84.0 Å². The highest BCUT2D eigenvalue weighted by atomic mass is 16.2. The van der Waals surface area contributed by atoms with Crippen LogP contribution in [-0.4, -0.2) is 34.9 Å². The van der Waals surface area contributed by atoms with Gasteiger partial charge in [0.1, 0.15) is 5.69 Å². The van der Waals surface area contributed by atoms with Crippen LogP contribution in [0.3, 0.4) is 0 Å². The van der Waals surface area contributed by atoms with Crippen LogP contribution in [0.5, 0.6) is 0 Å². The first-order chi connectivity index (χ1) is 10.7. The van der Waals surface area contributed by atoms with Crippen LogP contribution in [0.1, 0.15) is 29.8 Å². The molecule has 1 aromatic rings. The number of nitrogens with zero attached hydrogens (tertiary/aromatic N) is 2. The van der Waals surface area contributed by atoms with Gasteiger partial charge in [-0.2, -0.15) is 0 Å². The summed E-state index contributed by atoms with van der Waals surface area (Å²) in [5.41, 5.74) is 0.261. The highest BCUT2D eigenvalue weighted by molar-refractivity contribution is 5.92. The van der Waals surface area contributed by atoms with Crippen molar-refractivity contribution in [3.63, 3.8) is 0 Å². The number of allylic oxidation sites excluding steroid dienone is 2. The second-order valence-electron chi connectivity index (χ2n) is 5.94. The summed E-state index contributed by atoms with van der Waals surface area (Å²) < 4.78 is 0. The molecule has 116 valence electrons. The molecule has 6 heteroatoms. The standard InChI is InChI=1S/C16H20N4O2/c21-15(20-9-13-8-11-1-2-12(13)7-11)3-4-19-16(22)14-10-17-5-6-18-14/h1-2,5-6,10-13H,3-4,7-9H2,(H,19,22)(H,20,21). The smallest absolute Gasteiger partial charge is 0.271 e. The van der Waals surface area contributed by atoms with Gasteiger partial charge in [-0.3, -0.25) is 14.6 Å². The Balaban J connectivity index is 1.33. The maximum atomic E-state index is 11.8. The number of fused-ring (bicyclic) bond motifs is 2. The fourth-order valence-electron chi connectivity index (χ4n) is 3.26. The Morgan fingerprint density at radius 3 is 2.77 bits per heavy atom. The molecule has 6 nitrogen and oxygen atoms in total. The monoisotopic (exact) mass is 300 g/mol. The minimum Gasteiger partial charge on any atom is -0.356 e. The van der Waals surface area contributed by atoms with Crippen LogP contribution in [0, 0.1) is 17.8 Å². The molecule has 22 heavy (non-hydrogen) atoms. The van der Waals surface area contributed by atoms with E-state index in [-0.39, 0.29) is 23.9 Å². The number of rotatable bonds is 6. The molecule has 1 saturated carbocycles. The van der Waals surface area contributed by atoms with E-state index in [1.54, 1.807) is 0 Å². The van der Waals surface area contributed by atoms with E-state index in [0.717, 1.165) is 12.5 Å². The van der Waals surface area contributed by atoms with E-state index >= 15 is 0 Å². The molecule has 0 saturated heterocycles. The van der Waals surface area contributed by atoms with Gasteiger partial charge in [0, 0.05) is 31.9 Å². The summed E-state index contributed by atoms with van der Waals surface area (Å²) in [5.74, 6) is 1.61. The molecule has 2 amide bonds. The molecule has 3 atom stereocenters. The molecule has 0 aliphatic heterocycles. The Morgan fingerprint density at radius 2 is 2.09 bits per heavy atom. The number of hydrogen-bond acceptors (Lipinski definition) is 4. The van der Waals surface area contributed by atoms with Gasteiger partial charge in [-0.25, -0.2) is 4.98 Å². The number of amides is 2. The molecule has 2 aliphatic carbocycles. The third-order valence-corrected chi connectivity index (χ3v) is 4.41. The summed E-state index contributed by atoms with van der Waals surface area (Å²) in [5, 5.41) is 5.64. The zero-order valence-corrected chi connectivity index (χ0v) is 12.4. The van der Waals surface area contributed by atoms with Gasteiger partial charge < -0.3 is 10.6 Å². The third-order valence-electron chi connectivity index (χ3n) is 4.41. The Morgan fingerprint density at radius 1 is 1.18 bits per heavy atom. The molecule has 0 aromatic carbocycles.